The summed E-state index contributed by atoms with van der Waals surface area (Å²) in [5.41, 5.74) is 0.864. The van der Waals surface area contributed by atoms with Crippen LogP contribution in [0, 0.1) is 29.1 Å². The van der Waals surface area contributed by atoms with Crippen molar-refractivity contribution in [2.24, 2.45) is 29.1 Å². The Morgan fingerprint density at radius 3 is 1.83 bits per heavy atom. The maximum Gasteiger partial charge on any atom is -0.0258 e. The van der Waals surface area contributed by atoms with Crippen molar-refractivity contribution in [3.8, 4) is 0 Å². The second-order valence-corrected chi connectivity index (χ2v) is 5.83. The van der Waals surface area contributed by atoms with Crippen LogP contribution in [0.3, 0.4) is 0 Å². The molecule has 70 valence electrons. The lowest BCUT2D eigenvalue weighted by Crippen LogP contribution is -2.31. The second kappa shape index (κ2) is 2.49. The van der Waals surface area contributed by atoms with E-state index in [1.54, 1.807) is 19.3 Å². The van der Waals surface area contributed by atoms with Crippen LogP contribution >= 0.6 is 0 Å². The van der Waals surface area contributed by atoms with Crippen LogP contribution in [-0.2, 0) is 0 Å². The van der Waals surface area contributed by atoms with Gasteiger partial charge < -0.3 is 0 Å². The van der Waals surface area contributed by atoms with Gasteiger partial charge in [0.15, 0.2) is 0 Å². The van der Waals surface area contributed by atoms with E-state index in [4.69, 9.17) is 0 Å². The molecule has 0 heteroatoms. The van der Waals surface area contributed by atoms with Gasteiger partial charge in [0.2, 0.25) is 0 Å². The van der Waals surface area contributed by atoms with Gasteiger partial charge in [-0.15, -0.1) is 0 Å². The Morgan fingerprint density at radius 1 is 0.917 bits per heavy atom. The van der Waals surface area contributed by atoms with Crippen LogP contribution in [-0.4, -0.2) is 0 Å². The molecule has 2 rings (SSSR count). The molecule has 0 amide bonds. The van der Waals surface area contributed by atoms with Gasteiger partial charge in [-0.3, -0.25) is 0 Å². The third-order valence-electron chi connectivity index (χ3n) is 4.34. The van der Waals surface area contributed by atoms with Crippen LogP contribution in [0.4, 0.5) is 0 Å². The highest BCUT2D eigenvalue weighted by Crippen LogP contribution is 2.70. The highest BCUT2D eigenvalue weighted by molar-refractivity contribution is 5.11. The number of rotatable bonds is 2. The van der Waals surface area contributed by atoms with Crippen LogP contribution in [0.5, 0.6) is 0 Å². The predicted molar refractivity (Wildman–Crippen MR) is 52.9 cm³/mol. The summed E-state index contributed by atoms with van der Waals surface area (Å²) in [6.07, 6.45) is 4.65. The van der Waals surface area contributed by atoms with Crippen molar-refractivity contribution < 1.29 is 0 Å². The van der Waals surface area contributed by atoms with Crippen molar-refractivity contribution in [3.63, 3.8) is 0 Å². The summed E-state index contributed by atoms with van der Waals surface area (Å²) < 4.78 is 0. The first-order valence-corrected chi connectivity index (χ1v) is 5.55. The topological polar surface area (TPSA) is 0 Å². The average molecular weight is 166 g/mol. The van der Waals surface area contributed by atoms with E-state index in [0.717, 1.165) is 29.1 Å². The van der Waals surface area contributed by atoms with Gasteiger partial charge in [0.1, 0.15) is 0 Å². The van der Waals surface area contributed by atoms with E-state index < -0.39 is 0 Å². The minimum Gasteiger partial charge on any atom is -0.0625 e. The van der Waals surface area contributed by atoms with Gasteiger partial charge in [0, 0.05) is 0 Å². The van der Waals surface area contributed by atoms with Crippen LogP contribution in [0.15, 0.2) is 0 Å². The molecule has 0 nitrogen and oxygen atoms in total. The number of hydrogen-bond donors (Lipinski definition) is 0. The van der Waals surface area contributed by atoms with Crippen molar-refractivity contribution in [2.45, 2.75) is 47.0 Å². The monoisotopic (exact) mass is 166 g/mol. The Kier molecular flexibility index (Phi) is 1.79. The first kappa shape index (κ1) is 8.59. The minimum atomic E-state index is 0.864. The SMILES string of the molecule is CC(C)C1CC2(C1)CC2C(C)C. The van der Waals surface area contributed by atoms with E-state index in [1.165, 1.54) is 0 Å². The molecule has 1 unspecified atom stereocenters. The molecule has 0 aromatic heterocycles. The lowest BCUT2D eigenvalue weighted by atomic mass is 9.65. The van der Waals surface area contributed by atoms with Gasteiger partial charge in [0.05, 0.1) is 0 Å². The zero-order chi connectivity index (χ0) is 8.93. The van der Waals surface area contributed by atoms with Gasteiger partial charge >= 0.3 is 0 Å². The largest absolute Gasteiger partial charge is 0.0625 e. The van der Waals surface area contributed by atoms with Crippen molar-refractivity contribution >= 4 is 0 Å². The van der Waals surface area contributed by atoms with Gasteiger partial charge in [-0.2, -0.15) is 0 Å². The Bertz CT molecular complexity index is 172. The molecule has 0 bridgehead atoms. The maximum atomic E-state index is 2.39. The third kappa shape index (κ3) is 1.11. The molecule has 0 aromatic rings. The zero-order valence-electron chi connectivity index (χ0n) is 8.93. The summed E-state index contributed by atoms with van der Waals surface area (Å²) in [6.45, 7) is 9.54. The molecule has 1 atom stereocenters. The molecular formula is C12H22. The highest BCUT2D eigenvalue weighted by atomic mass is 14.7. The molecule has 2 saturated carbocycles. The van der Waals surface area contributed by atoms with E-state index >= 15 is 0 Å². The first-order chi connectivity index (χ1) is 5.55. The number of hydrogen-bond acceptors (Lipinski definition) is 0. The quantitative estimate of drug-likeness (QED) is 0.586. The van der Waals surface area contributed by atoms with E-state index in [9.17, 15) is 0 Å². The van der Waals surface area contributed by atoms with Crippen LogP contribution in [0.2, 0.25) is 0 Å². The molecule has 2 fully saturated rings. The van der Waals surface area contributed by atoms with Gasteiger partial charge in [-0.25, -0.2) is 0 Å². The summed E-state index contributed by atoms with van der Waals surface area (Å²) in [4.78, 5) is 0. The normalized spacial score (nSPS) is 45.5. The zero-order valence-corrected chi connectivity index (χ0v) is 8.93. The summed E-state index contributed by atoms with van der Waals surface area (Å²) in [5, 5.41) is 0. The van der Waals surface area contributed by atoms with Gasteiger partial charge in [-0.05, 0) is 48.3 Å². The Hall–Kier alpha value is 0. The van der Waals surface area contributed by atoms with E-state index in [1.807, 2.05) is 0 Å². The van der Waals surface area contributed by atoms with E-state index in [0.29, 0.717) is 0 Å². The van der Waals surface area contributed by atoms with Crippen LogP contribution < -0.4 is 0 Å². The summed E-state index contributed by atoms with van der Waals surface area (Å²) in [7, 11) is 0. The molecular weight excluding hydrogens is 144 g/mol. The fourth-order valence-electron chi connectivity index (χ4n) is 3.25. The molecule has 2 aliphatic rings. The standard InChI is InChI=1S/C12H22/c1-8(2)10-5-12(6-10)7-11(12)9(3)4/h8-11H,5-7H2,1-4H3. The van der Waals surface area contributed by atoms with Crippen molar-refractivity contribution in [3.05, 3.63) is 0 Å². The fourth-order valence-corrected chi connectivity index (χ4v) is 3.25. The first-order valence-electron chi connectivity index (χ1n) is 5.55. The van der Waals surface area contributed by atoms with E-state index in [-0.39, 0.29) is 0 Å². The molecule has 1 spiro atoms. The van der Waals surface area contributed by atoms with Crippen LogP contribution in [0.1, 0.15) is 47.0 Å². The Labute approximate surface area is 76.7 Å². The van der Waals surface area contributed by atoms with Gasteiger partial charge in [-0.1, -0.05) is 27.7 Å². The van der Waals surface area contributed by atoms with Crippen molar-refractivity contribution in [1.82, 2.24) is 0 Å². The second-order valence-electron chi connectivity index (χ2n) is 5.83. The lowest BCUT2D eigenvalue weighted by molar-refractivity contribution is 0.0972. The third-order valence-corrected chi connectivity index (χ3v) is 4.34. The molecule has 12 heavy (non-hydrogen) atoms. The van der Waals surface area contributed by atoms with E-state index in [2.05, 4.69) is 27.7 Å². The fraction of sp³-hybridized carbons (Fsp3) is 1.00. The Balaban J connectivity index is 1.83. The lowest BCUT2D eigenvalue weighted by Gasteiger charge is -2.40. The molecule has 0 radical (unpaired) electrons. The molecule has 0 N–H and O–H groups in total. The Morgan fingerprint density at radius 2 is 1.50 bits per heavy atom. The molecule has 2 aliphatic carbocycles. The van der Waals surface area contributed by atoms with Crippen LogP contribution in [0.25, 0.3) is 0 Å². The highest BCUT2D eigenvalue weighted by Gasteiger charge is 2.61. The van der Waals surface area contributed by atoms with Gasteiger partial charge in [0.25, 0.3) is 0 Å². The molecule has 0 heterocycles. The minimum absolute atomic E-state index is 0.864. The van der Waals surface area contributed by atoms with Crippen molar-refractivity contribution in [1.29, 1.82) is 0 Å². The molecule has 0 aliphatic heterocycles. The molecule has 0 saturated heterocycles. The van der Waals surface area contributed by atoms with Crippen molar-refractivity contribution in [2.75, 3.05) is 0 Å². The summed E-state index contributed by atoms with van der Waals surface area (Å²) in [5.74, 6) is 4.03. The maximum absolute atomic E-state index is 2.39. The summed E-state index contributed by atoms with van der Waals surface area (Å²) >= 11 is 0. The summed E-state index contributed by atoms with van der Waals surface area (Å²) in [6, 6.07) is 0. The average Bonchev–Trinajstić information content (AvgIpc) is 2.56. The smallest absolute Gasteiger partial charge is 0.0258 e. The molecule has 0 aromatic carbocycles. The predicted octanol–water partition coefficient (Wildman–Crippen LogP) is 3.71.